The van der Waals surface area contributed by atoms with Gasteiger partial charge in [-0.3, -0.25) is 0 Å². The summed E-state index contributed by atoms with van der Waals surface area (Å²) in [7, 11) is 0. The topological polar surface area (TPSA) is 20.2 Å². The van der Waals surface area contributed by atoms with Gasteiger partial charge in [-0.25, -0.2) is 0 Å². The average Bonchev–Trinajstić information content (AvgIpc) is 2.38. The van der Waals surface area contributed by atoms with Crippen molar-refractivity contribution in [3.05, 3.63) is 47.1 Å². The summed E-state index contributed by atoms with van der Waals surface area (Å²) in [6, 6.07) is 0. The van der Waals surface area contributed by atoms with Gasteiger partial charge in [0.05, 0.1) is 0 Å². The first-order valence-corrected chi connectivity index (χ1v) is 7.88. The van der Waals surface area contributed by atoms with E-state index in [4.69, 9.17) is 5.11 Å². The summed E-state index contributed by atoms with van der Waals surface area (Å²) in [6.07, 6.45) is 15.7. The van der Waals surface area contributed by atoms with Gasteiger partial charge in [-0.15, -0.1) is 0 Å². The van der Waals surface area contributed by atoms with Crippen LogP contribution in [-0.4, -0.2) is 11.7 Å². The highest BCUT2D eigenvalue weighted by Gasteiger charge is 2.14. The molecule has 0 amide bonds. The minimum Gasteiger partial charge on any atom is -0.396 e. The van der Waals surface area contributed by atoms with Gasteiger partial charge in [-0.1, -0.05) is 55.4 Å². The fourth-order valence-corrected chi connectivity index (χ4v) is 2.67. The molecule has 0 radical (unpaired) electrons. The number of hydrogen-bond acceptors (Lipinski definition) is 1. The summed E-state index contributed by atoms with van der Waals surface area (Å²) >= 11 is 0. The first kappa shape index (κ1) is 17.0. The highest BCUT2D eigenvalue weighted by Crippen LogP contribution is 2.30. The number of aliphatic hydroxyl groups excluding tert-OH is 1. The van der Waals surface area contributed by atoms with E-state index >= 15 is 0 Å². The number of hydrogen-bond donors (Lipinski definition) is 1. The molecule has 20 heavy (non-hydrogen) atoms. The third-order valence-corrected chi connectivity index (χ3v) is 4.12. The molecule has 2 atom stereocenters. The Labute approximate surface area is 124 Å². The molecule has 0 heterocycles. The van der Waals surface area contributed by atoms with Crippen molar-refractivity contribution in [2.45, 2.75) is 53.4 Å². The normalized spacial score (nSPS) is 23.1. The van der Waals surface area contributed by atoms with Gasteiger partial charge in [-0.2, -0.15) is 0 Å². The van der Waals surface area contributed by atoms with Crippen molar-refractivity contribution in [2.24, 2.45) is 11.8 Å². The van der Waals surface area contributed by atoms with Crippen molar-refractivity contribution in [1.82, 2.24) is 0 Å². The van der Waals surface area contributed by atoms with E-state index in [-0.39, 0.29) is 6.61 Å². The monoisotopic (exact) mass is 274 g/mol. The smallest absolute Gasteiger partial charge is 0.0436 e. The van der Waals surface area contributed by atoms with Crippen LogP contribution < -0.4 is 0 Å². The first-order chi connectivity index (χ1) is 9.54. The molecule has 1 nitrogen and oxygen atoms in total. The van der Waals surface area contributed by atoms with Crippen LogP contribution >= 0.6 is 0 Å². The second-order valence-corrected chi connectivity index (χ2v) is 6.15. The van der Waals surface area contributed by atoms with E-state index in [1.165, 1.54) is 30.4 Å². The second-order valence-electron chi connectivity index (χ2n) is 6.15. The fraction of sp³-hybridized carbons (Fsp3) is 0.579. The Morgan fingerprint density at radius 3 is 2.85 bits per heavy atom. The fourth-order valence-electron chi connectivity index (χ4n) is 2.67. The molecule has 0 saturated carbocycles. The molecule has 2 unspecified atom stereocenters. The summed E-state index contributed by atoms with van der Waals surface area (Å²) in [4.78, 5) is 0. The third-order valence-electron chi connectivity index (χ3n) is 4.12. The summed E-state index contributed by atoms with van der Waals surface area (Å²) in [5.41, 5.74) is 4.36. The molecule has 0 spiro atoms. The minimum absolute atomic E-state index is 0.263. The van der Waals surface area contributed by atoms with Gasteiger partial charge in [0.15, 0.2) is 0 Å². The Morgan fingerprint density at radius 2 is 2.20 bits per heavy atom. The highest BCUT2D eigenvalue weighted by atomic mass is 16.3. The molecule has 112 valence electrons. The van der Waals surface area contributed by atoms with Crippen molar-refractivity contribution in [2.75, 3.05) is 6.61 Å². The molecule has 1 aliphatic rings. The molecular weight excluding hydrogens is 244 g/mol. The maximum atomic E-state index is 8.86. The SMILES string of the molecule is CC1=C(/C=C/C(C)=C\C=C\C(C)CCO)C(C)CCC1. The quantitative estimate of drug-likeness (QED) is 0.660. The Kier molecular flexibility index (Phi) is 7.61. The second kappa shape index (κ2) is 8.97. The summed E-state index contributed by atoms with van der Waals surface area (Å²) in [5, 5.41) is 8.86. The lowest BCUT2D eigenvalue weighted by Gasteiger charge is -2.22. The molecule has 0 aromatic carbocycles. The lowest BCUT2D eigenvalue weighted by atomic mass is 9.84. The summed E-state index contributed by atoms with van der Waals surface area (Å²) < 4.78 is 0. The molecular formula is C19H30O. The summed E-state index contributed by atoms with van der Waals surface area (Å²) in [5.74, 6) is 1.14. The Balaban J connectivity index is 2.60. The molecule has 0 bridgehead atoms. The zero-order valence-corrected chi connectivity index (χ0v) is 13.5. The zero-order chi connectivity index (χ0) is 15.0. The largest absolute Gasteiger partial charge is 0.396 e. The maximum absolute atomic E-state index is 8.86. The maximum Gasteiger partial charge on any atom is 0.0436 e. The molecule has 0 aromatic heterocycles. The molecule has 0 saturated heterocycles. The molecule has 0 aromatic rings. The zero-order valence-electron chi connectivity index (χ0n) is 13.5. The molecule has 1 aliphatic carbocycles. The molecule has 1 N–H and O–H groups in total. The number of aliphatic hydroxyl groups is 1. The van der Waals surface area contributed by atoms with Gasteiger partial charge in [0.2, 0.25) is 0 Å². The molecule has 0 fully saturated rings. The van der Waals surface area contributed by atoms with E-state index in [0.29, 0.717) is 11.8 Å². The highest BCUT2D eigenvalue weighted by molar-refractivity contribution is 5.34. The van der Waals surface area contributed by atoms with Crippen LogP contribution in [-0.2, 0) is 0 Å². The molecule has 0 aliphatic heterocycles. The van der Waals surface area contributed by atoms with Crippen molar-refractivity contribution in [3.63, 3.8) is 0 Å². The van der Waals surface area contributed by atoms with Gasteiger partial charge >= 0.3 is 0 Å². The van der Waals surface area contributed by atoms with Crippen LogP contribution in [0.4, 0.5) is 0 Å². The standard InChI is InChI=1S/C19H30O/c1-15(7-5-8-16(2)13-14-20)11-12-19-17(3)9-6-10-18(19)4/h5,7-8,11-12,16-17,20H,6,9-10,13-14H2,1-4H3/b8-5+,12-11+,15-7-. The Morgan fingerprint density at radius 1 is 1.45 bits per heavy atom. The van der Waals surface area contributed by atoms with Crippen molar-refractivity contribution >= 4 is 0 Å². The average molecular weight is 274 g/mol. The van der Waals surface area contributed by atoms with Crippen molar-refractivity contribution < 1.29 is 5.11 Å². The van der Waals surface area contributed by atoms with Gasteiger partial charge < -0.3 is 5.11 Å². The Hall–Kier alpha value is -1.08. The van der Waals surface area contributed by atoms with E-state index < -0.39 is 0 Å². The van der Waals surface area contributed by atoms with Crippen LogP contribution in [0.5, 0.6) is 0 Å². The van der Waals surface area contributed by atoms with Gasteiger partial charge in [0.25, 0.3) is 0 Å². The third kappa shape index (κ3) is 5.92. The number of rotatable bonds is 6. The van der Waals surface area contributed by atoms with Gasteiger partial charge in [0.1, 0.15) is 0 Å². The van der Waals surface area contributed by atoms with Crippen LogP contribution in [0, 0.1) is 11.8 Å². The molecule has 1 rings (SSSR count). The summed E-state index contributed by atoms with van der Waals surface area (Å²) in [6.45, 7) is 9.13. The van der Waals surface area contributed by atoms with E-state index in [9.17, 15) is 0 Å². The molecule has 1 heteroatoms. The van der Waals surface area contributed by atoms with Crippen molar-refractivity contribution in [1.29, 1.82) is 0 Å². The predicted octanol–water partition coefficient (Wildman–Crippen LogP) is 5.20. The lowest BCUT2D eigenvalue weighted by molar-refractivity contribution is 0.274. The van der Waals surface area contributed by atoms with E-state index in [2.05, 4.69) is 58.1 Å². The van der Waals surface area contributed by atoms with Gasteiger partial charge in [-0.05, 0) is 56.9 Å². The van der Waals surface area contributed by atoms with Gasteiger partial charge in [0, 0.05) is 6.61 Å². The van der Waals surface area contributed by atoms with Crippen LogP contribution in [0.2, 0.25) is 0 Å². The number of allylic oxidation sites excluding steroid dienone is 8. The van der Waals surface area contributed by atoms with Crippen LogP contribution in [0.15, 0.2) is 47.1 Å². The first-order valence-electron chi connectivity index (χ1n) is 7.88. The predicted molar refractivity (Wildman–Crippen MR) is 88.6 cm³/mol. The van der Waals surface area contributed by atoms with E-state index in [1.807, 2.05) is 0 Å². The Bertz CT molecular complexity index is 409. The minimum atomic E-state index is 0.263. The lowest BCUT2D eigenvalue weighted by Crippen LogP contribution is -2.06. The van der Waals surface area contributed by atoms with Crippen LogP contribution in [0.3, 0.4) is 0 Å². The van der Waals surface area contributed by atoms with Crippen LogP contribution in [0.25, 0.3) is 0 Å². The van der Waals surface area contributed by atoms with E-state index in [0.717, 1.165) is 6.42 Å². The van der Waals surface area contributed by atoms with Crippen LogP contribution in [0.1, 0.15) is 53.4 Å². The van der Waals surface area contributed by atoms with Crippen molar-refractivity contribution in [3.8, 4) is 0 Å². The van der Waals surface area contributed by atoms with E-state index in [1.54, 1.807) is 5.57 Å².